The molecule has 17 heavy (non-hydrogen) atoms. The second-order valence-electron chi connectivity index (χ2n) is 4.56. The summed E-state index contributed by atoms with van der Waals surface area (Å²) in [4.78, 5) is 27.1. The molecule has 0 saturated carbocycles. The number of piperidine rings is 1. The lowest BCUT2D eigenvalue weighted by molar-refractivity contribution is -0.147. The van der Waals surface area contributed by atoms with Crippen molar-refractivity contribution >= 4 is 11.8 Å². The summed E-state index contributed by atoms with van der Waals surface area (Å²) in [6.07, 6.45) is 2.01. The summed E-state index contributed by atoms with van der Waals surface area (Å²) >= 11 is 0. The Morgan fingerprint density at radius 1 is 1.47 bits per heavy atom. The fourth-order valence-corrected chi connectivity index (χ4v) is 1.97. The van der Waals surface area contributed by atoms with Gasteiger partial charge in [0.05, 0.1) is 0 Å². The number of hydrogen-bond donors (Lipinski definition) is 2. The van der Waals surface area contributed by atoms with E-state index in [9.17, 15) is 9.59 Å². The minimum absolute atomic E-state index is 0.343. The quantitative estimate of drug-likeness (QED) is 0.598. The Morgan fingerprint density at radius 3 is 2.76 bits per heavy atom. The van der Waals surface area contributed by atoms with Crippen LogP contribution in [-0.2, 0) is 9.59 Å². The van der Waals surface area contributed by atoms with Crippen molar-refractivity contribution in [3.63, 3.8) is 0 Å². The highest BCUT2D eigenvalue weighted by atomic mass is 16.2. The van der Waals surface area contributed by atoms with Gasteiger partial charge in [-0.3, -0.25) is 9.59 Å². The largest absolute Gasteiger partial charge is 0.347 e. The molecule has 1 aliphatic rings. The molecule has 0 aromatic carbocycles. The number of likely N-dealkylation sites (tertiary alicyclic amines) is 1. The first kappa shape index (κ1) is 13.9. The van der Waals surface area contributed by atoms with Crippen LogP contribution in [0.15, 0.2) is 0 Å². The molecule has 0 bridgehead atoms. The minimum Gasteiger partial charge on any atom is -0.347 e. The second-order valence-corrected chi connectivity index (χ2v) is 4.56. The number of nitrogens with two attached hydrogens (primary N) is 1. The first-order valence-electron chi connectivity index (χ1n) is 6.00. The van der Waals surface area contributed by atoms with E-state index in [4.69, 9.17) is 5.73 Å². The smallest absolute Gasteiger partial charge is 0.311 e. The summed E-state index contributed by atoms with van der Waals surface area (Å²) in [5.74, 6) is -0.986. The van der Waals surface area contributed by atoms with Crippen molar-refractivity contribution in [1.29, 1.82) is 0 Å². The molecule has 1 aliphatic heterocycles. The molecule has 98 valence electrons. The van der Waals surface area contributed by atoms with E-state index in [2.05, 4.69) is 10.2 Å². The molecule has 6 heteroatoms. The molecule has 0 aromatic rings. The van der Waals surface area contributed by atoms with Crippen LogP contribution in [0.3, 0.4) is 0 Å². The topological polar surface area (TPSA) is 78.7 Å². The normalized spacial score (nSPS) is 20.5. The third-order valence-corrected chi connectivity index (χ3v) is 3.04. The number of nitrogens with zero attached hydrogens (tertiary/aromatic N) is 2. The summed E-state index contributed by atoms with van der Waals surface area (Å²) in [5, 5.41) is 2.50. The van der Waals surface area contributed by atoms with E-state index in [1.165, 1.54) is 0 Å². The fraction of sp³-hybridized carbons (Fsp3) is 0.818. The first-order chi connectivity index (χ1) is 8.06. The van der Waals surface area contributed by atoms with Crippen molar-refractivity contribution in [3.8, 4) is 0 Å². The molecule has 0 spiro atoms. The van der Waals surface area contributed by atoms with Crippen LogP contribution in [0, 0.1) is 0 Å². The predicted octanol–water partition coefficient (Wildman–Crippen LogP) is -1.39. The van der Waals surface area contributed by atoms with Crippen LogP contribution in [0.2, 0.25) is 0 Å². The third-order valence-electron chi connectivity index (χ3n) is 3.04. The maximum Gasteiger partial charge on any atom is 0.311 e. The monoisotopic (exact) mass is 242 g/mol. The highest BCUT2D eigenvalue weighted by Gasteiger charge is 2.28. The molecule has 0 aliphatic carbocycles. The Morgan fingerprint density at radius 2 is 2.18 bits per heavy atom. The average Bonchev–Trinajstić information content (AvgIpc) is 2.35. The van der Waals surface area contributed by atoms with E-state index in [1.54, 1.807) is 4.90 Å². The van der Waals surface area contributed by atoms with Gasteiger partial charge in [-0.05, 0) is 26.9 Å². The molecule has 1 unspecified atom stereocenters. The fourth-order valence-electron chi connectivity index (χ4n) is 1.97. The number of nitrogens with one attached hydrogen (secondary N) is 1. The highest BCUT2D eigenvalue weighted by molar-refractivity contribution is 6.35. The van der Waals surface area contributed by atoms with Crippen LogP contribution in [0.4, 0.5) is 0 Å². The number of rotatable bonds is 3. The molecule has 1 rings (SSSR count). The van der Waals surface area contributed by atoms with Gasteiger partial charge in [-0.1, -0.05) is 0 Å². The van der Waals surface area contributed by atoms with Gasteiger partial charge in [0.15, 0.2) is 0 Å². The number of amides is 2. The molecule has 0 aromatic heterocycles. The lowest BCUT2D eigenvalue weighted by atomic mass is 10.0. The van der Waals surface area contributed by atoms with Gasteiger partial charge in [0.1, 0.15) is 0 Å². The van der Waals surface area contributed by atoms with Crippen molar-refractivity contribution < 1.29 is 9.59 Å². The molecule has 0 radical (unpaired) electrons. The maximum atomic E-state index is 11.8. The van der Waals surface area contributed by atoms with E-state index in [0.29, 0.717) is 32.2 Å². The van der Waals surface area contributed by atoms with Crippen LogP contribution in [0.25, 0.3) is 0 Å². The van der Waals surface area contributed by atoms with Gasteiger partial charge >= 0.3 is 11.8 Å². The van der Waals surface area contributed by atoms with E-state index in [1.807, 2.05) is 14.1 Å². The van der Waals surface area contributed by atoms with Gasteiger partial charge in [0, 0.05) is 32.2 Å². The minimum atomic E-state index is -0.546. The first-order valence-corrected chi connectivity index (χ1v) is 6.00. The molecular formula is C11H22N4O2. The molecular weight excluding hydrogens is 220 g/mol. The van der Waals surface area contributed by atoms with Crippen molar-refractivity contribution in [2.75, 3.05) is 40.3 Å². The van der Waals surface area contributed by atoms with Crippen molar-refractivity contribution in [2.24, 2.45) is 5.73 Å². The molecule has 6 nitrogen and oxygen atoms in total. The summed E-state index contributed by atoms with van der Waals surface area (Å²) in [6, 6.07) is 0.343. The zero-order valence-electron chi connectivity index (χ0n) is 10.6. The Bertz CT molecular complexity index is 281. The zero-order valence-corrected chi connectivity index (χ0v) is 10.6. The van der Waals surface area contributed by atoms with Gasteiger partial charge in [-0.25, -0.2) is 0 Å². The Labute approximate surface area is 102 Å². The van der Waals surface area contributed by atoms with Crippen LogP contribution in [0.5, 0.6) is 0 Å². The van der Waals surface area contributed by atoms with Crippen LogP contribution >= 0.6 is 0 Å². The van der Waals surface area contributed by atoms with Gasteiger partial charge in [0.25, 0.3) is 0 Å². The summed E-state index contributed by atoms with van der Waals surface area (Å²) < 4.78 is 0. The predicted molar refractivity (Wildman–Crippen MR) is 65.4 cm³/mol. The average molecular weight is 242 g/mol. The van der Waals surface area contributed by atoms with Crippen LogP contribution in [0.1, 0.15) is 12.8 Å². The summed E-state index contributed by atoms with van der Waals surface area (Å²) in [5.41, 5.74) is 5.27. The Kier molecular flexibility index (Phi) is 5.37. The second kappa shape index (κ2) is 6.56. The number of carbonyl (C=O) groups is 2. The van der Waals surface area contributed by atoms with Crippen molar-refractivity contribution in [2.45, 2.75) is 18.9 Å². The molecule has 1 atom stereocenters. The summed E-state index contributed by atoms with van der Waals surface area (Å²) in [6.45, 7) is 1.98. The van der Waals surface area contributed by atoms with Crippen molar-refractivity contribution in [3.05, 3.63) is 0 Å². The molecule has 3 N–H and O–H groups in total. The molecule has 1 heterocycles. The van der Waals surface area contributed by atoms with Gasteiger partial charge in [-0.2, -0.15) is 0 Å². The van der Waals surface area contributed by atoms with Gasteiger partial charge in [0.2, 0.25) is 0 Å². The third kappa shape index (κ3) is 3.98. The lowest BCUT2D eigenvalue weighted by Gasteiger charge is -2.35. The van der Waals surface area contributed by atoms with Gasteiger partial charge in [-0.15, -0.1) is 0 Å². The lowest BCUT2D eigenvalue weighted by Crippen LogP contribution is -2.52. The summed E-state index contributed by atoms with van der Waals surface area (Å²) in [7, 11) is 3.99. The standard InChI is InChI=1S/C11H22N4O2/c1-14(2)9-4-3-7-15(8-9)11(17)10(16)13-6-5-12/h9H,3-8,12H2,1-2H3,(H,13,16). The number of carbonyl (C=O) groups excluding carboxylic acids is 2. The van der Waals surface area contributed by atoms with Gasteiger partial charge < -0.3 is 20.9 Å². The SMILES string of the molecule is CN(C)C1CCCN(C(=O)C(=O)NCCN)C1. The maximum absolute atomic E-state index is 11.8. The number of likely N-dealkylation sites (N-methyl/N-ethyl adjacent to an activating group) is 1. The Hall–Kier alpha value is -1.14. The van der Waals surface area contributed by atoms with Crippen molar-refractivity contribution in [1.82, 2.24) is 15.1 Å². The van der Waals surface area contributed by atoms with Crippen LogP contribution in [-0.4, -0.2) is 67.9 Å². The van der Waals surface area contributed by atoms with Crippen LogP contribution < -0.4 is 11.1 Å². The van der Waals surface area contributed by atoms with E-state index >= 15 is 0 Å². The molecule has 1 fully saturated rings. The molecule has 1 saturated heterocycles. The highest BCUT2D eigenvalue weighted by Crippen LogP contribution is 2.13. The van der Waals surface area contributed by atoms with E-state index in [-0.39, 0.29) is 0 Å². The molecule has 2 amide bonds. The Balaban J connectivity index is 2.48. The van der Waals surface area contributed by atoms with E-state index < -0.39 is 11.8 Å². The zero-order chi connectivity index (χ0) is 12.8. The van der Waals surface area contributed by atoms with E-state index in [0.717, 1.165) is 12.8 Å². The number of hydrogen-bond acceptors (Lipinski definition) is 4.